The SMILES string of the molecule is Cc1ccc(NC(=O)Cn2c(=O)oc3ccccc32)cc1C(F)(F)F. The molecular weight excluding hydrogens is 337 g/mol. The van der Waals surface area contributed by atoms with E-state index in [9.17, 15) is 22.8 Å². The molecule has 0 spiro atoms. The highest BCUT2D eigenvalue weighted by molar-refractivity contribution is 5.91. The number of amides is 1. The van der Waals surface area contributed by atoms with E-state index >= 15 is 0 Å². The van der Waals surface area contributed by atoms with Gasteiger partial charge in [0.05, 0.1) is 11.1 Å². The number of para-hydroxylation sites is 2. The van der Waals surface area contributed by atoms with Crippen molar-refractivity contribution in [1.29, 1.82) is 0 Å². The van der Waals surface area contributed by atoms with E-state index in [4.69, 9.17) is 4.42 Å². The highest BCUT2D eigenvalue weighted by atomic mass is 19.4. The van der Waals surface area contributed by atoms with Gasteiger partial charge in [-0.25, -0.2) is 4.79 Å². The number of nitrogens with one attached hydrogen (secondary N) is 1. The summed E-state index contributed by atoms with van der Waals surface area (Å²) in [6.45, 7) is 0.969. The summed E-state index contributed by atoms with van der Waals surface area (Å²) >= 11 is 0. The number of aryl methyl sites for hydroxylation is 1. The van der Waals surface area contributed by atoms with Crippen molar-refractivity contribution in [3.05, 3.63) is 64.1 Å². The molecule has 0 fully saturated rings. The van der Waals surface area contributed by atoms with Crippen molar-refractivity contribution in [2.45, 2.75) is 19.6 Å². The summed E-state index contributed by atoms with van der Waals surface area (Å²) in [6.07, 6.45) is -4.51. The third-order valence-electron chi connectivity index (χ3n) is 3.70. The lowest BCUT2D eigenvalue weighted by atomic mass is 10.1. The Balaban J connectivity index is 1.83. The van der Waals surface area contributed by atoms with Gasteiger partial charge in [-0.3, -0.25) is 9.36 Å². The molecule has 1 heterocycles. The number of oxazole rings is 1. The number of hydrogen-bond donors (Lipinski definition) is 1. The van der Waals surface area contributed by atoms with Crippen LogP contribution in [0.3, 0.4) is 0 Å². The molecule has 0 saturated heterocycles. The maximum Gasteiger partial charge on any atom is 0.420 e. The van der Waals surface area contributed by atoms with Gasteiger partial charge in [-0.15, -0.1) is 0 Å². The van der Waals surface area contributed by atoms with Crippen LogP contribution in [-0.4, -0.2) is 10.5 Å². The Hall–Kier alpha value is -3.03. The number of aromatic nitrogens is 1. The summed E-state index contributed by atoms with van der Waals surface area (Å²) in [6, 6.07) is 10.1. The first-order valence-corrected chi connectivity index (χ1v) is 7.32. The Labute approximate surface area is 139 Å². The smallest absolute Gasteiger partial charge is 0.408 e. The molecule has 0 atom stereocenters. The zero-order valence-corrected chi connectivity index (χ0v) is 13.1. The number of benzene rings is 2. The number of fused-ring (bicyclic) bond motifs is 1. The second-order valence-electron chi connectivity index (χ2n) is 5.50. The van der Waals surface area contributed by atoms with E-state index in [-0.39, 0.29) is 17.8 Å². The number of hydrogen-bond acceptors (Lipinski definition) is 3. The summed E-state index contributed by atoms with van der Waals surface area (Å²) < 4.78 is 44.9. The number of alkyl halides is 3. The highest BCUT2D eigenvalue weighted by Crippen LogP contribution is 2.33. The van der Waals surface area contributed by atoms with Crippen LogP contribution in [0.5, 0.6) is 0 Å². The summed E-state index contributed by atoms with van der Waals surface area (Å²) in [5.41, 5.74) is 0.0000737. The van der Waals surface area contributed by atoms with Crippen LogP contribution in [-0.2, 0) is 17.5 Å². The van der Waals surface area contributed by atoms with E-state index < -0.39 is 23.4 Å². The fourth-order valence-corrected chi connectivity index (χ4v) is 2.51. The largest absolute Gasteiger partial charge is 0.420 e. The minimum atomic E-state index is -4.51. The summed E-state index contributed by atoms with van der Waals surface area (Å²) in [4.78, 5) is 24.0. The van der Waals surface area contributed by atoms with E-state index in [1.807, 2.05) is 0 Å². The zero-order valence-electron chi connectivity index (χ0n) is 13.1. The first-order chi connectivity index (χ1) is 11.8. The van der Waals surface area contributed by atoms with Crippen molar-refractivity contribution < 1.29 is 22.4 Å². The van der Waals surface area contributed by atoms with E-state index in [2.05, 4.69) is 5.32 Å². The predicted molar refractivity (Wildman–Crippen MR) is 85.3 cm³/mol. The van der Waals surface area contributed by atoms with E-state index in [1.165, 1.54) is 19.1 Å². The minimum Gasteiger partial charge on any atom is -0.408 e. The fraction of sp³-hybridized carbons (Fsp3) is 0.176. The number of nitrogens with zero attached hydrogens (tertiary/aromatic N) is 1. The van der Waals surface area contributed by atoms with Crippen LogP contribution in [0.1, 0.15) is 11.1 Å². The van der Waals surface area contributed by atoms with Gasteiger partial charge in [0, 0.05) is 5.69 Å². The molecule has 0 saturated carbocycles. The van der Waals surface area contributed by atoms with Crippen LogP contribution in [0.2, 0.25) is 0 Å². The molecule has 3 aromatic rings. The fourth-order valence-electron chi connectivity index (χ4n) is 2.51. The molecule has 1 N–H and O–H groups in total. The quantitative estimate of drug-likeness (QED) is 0.786. The molecule has 5 nitrogen and oxygen atoms in total. The number of rotatable bonds is 3. The predicted octanol–water partition coefficient (Wildman–Crippen LogP) is 3.56. The number of carbonyl (C=O) groups excluding carboxylic acids is 1. The minimum absolute atomic E-state index is 0.00349. The van der Waals surface area contributed by atoms with E-state index in [1.54, 1.807) is 24.3 Å². The maximum atomic E-state index is 12.9. The molecule has 0 bridgehead atoms. The molecular formula is C17H13F3N2O3. The van der Waals surface area contributed by atoms with E-state index in [0.717, 1.165) is 10.6 Å². The van der Waals surface area contributed by atoms with Gasteiger partial charge in [0.25, 0.3) is 0 Å². The Morgan fingerprint density at radius 2 is 1.92 bits per heavy atom. The Morgan fingerprint density at radius 1 is 1.20 bits per heavy atom. The first kappa shape index (κ1) is 16.8. The molecule has 0 aliphatic rings. The Morgan fingerprint density at radius 3 is 2.64 bits per heavy atom. The molecule has 0 aliphatic carbocycles. The lowest BCUT2D eigenvalue weighted by Gasteiger charge is -2.13. The average molecular weight is 350 g/mol. The van der Waals surface area contributed by atoms with Crippen molar-refractivity contribution in [2.75, 3.05) is 5.32 Å². The molecule has 0 unspecified atom stereocenters. The van der Waals surface area contributed by atoms with Crippen LogP contribution < -0.4 is 11.1 Å². The number of anilines is 1. The van der Waals surface area contributed by atoms with Crippen LogP contribution in [0, 0.1) is 6.92 Å². The monoisotopic (exact) mass is 350 g/mol. The highest BCUT2D eigenvalue weighted by Gasteiger charge is 2.32. The van der Waals surface area contributed by atoms with Gasteiger partial charge in [0.15, 0.2) is 5.58 Å². The molecule has 0 radical (unpaired) electrons. The standard InChI is InChI=1S/C17H13F3N2O3/c1-10-6-7-11(8-12(10)17(18,19)20)21-15(23)9-22-13-4-2-3-5-14(13)25-16(22)24/h2-8H,9H2,1H3,(H,21,23). The van der Waals surface area contributed by atoms with Crippen LogP contribution in [0.15, 0.2) is 51.7 Å². The average Bonchev–Trinajstić information content (AvgIpc) is 2.84. The van der Waals surface area contributed by atoms with Gasteiger partial charge >= 0.3 is 11.9 Å². The molecule has 25 heavy (non-hydrogen) atoms. The zero-order chi connectivity index (χ0) is 18.2. The Kier molecular flexibility index (Phi) is 4.12. The van der Waals surface area contributed by atoms with Crippen molar-refractivity contribution in [2.24, 2.45) is 0 Å². The second kappa shape index (κ2) is 6.12. The van der Waals surface area contributed by atoms with Crippen LogP contribution in [0.25, 0.3) is 11.1 Å². The molecule has 2 aromatic carbocycles. The topological polar surface area (TPSA) is 64.2 Å². The lowest BCUT2D eigenvalue weighted by Crippen LogP contribution is -2.25. The molecule has 0 aliphatic heterocycles. The summed E-state index contributed by atoms with van der Waals surface area (Å²) in [7, 11) is 0. The third-order valence-corrected chi connectivity index (χ3v) is 3.70. The second-order valence-corrected chi connectivity index (χ2v) is 5.50. The van der Waals surface area contributed by atoms with Gasteiger partial charge in [-0.05, 0) is 36.8 Å². The molecule has 1 aromatic heterocycles. The normalized spacial score (nSPS) is 11.7. The van der Waals surface area contributed by atoms with Gasteiger partial charge in [0.1, 0.15) is 6.54 Å². The molecule has 1 amide bonds. The summed E-state index contributed by atoms with van der Waals surface area (Å²) in [5.74, 6) is -1.35. The number of carbonyl (C=O) groups is 1. The molecule has 130 valence electrons. The summed E-state index contributed by atoms with van der Waals surface area (Å²) in [5, 5.41) is 2.37. The molecule has 8 heteroatoms. The van der Waals surface area contributed by atoms with Crippen LogP contribution >= 0.6 is 0 Å². The van der Waals surface area contributed by atoms with Crippen molar-refractivity contribution in [3.8, 4) is 0 Å². The van der Waals surface area contributed by atoms with Gasteiger partial charge in [-0.1, -0.05) is 18.2 Å². The number of halogens is 3. The Bertz CT molecular complexity index is 1000. The maximum absolute atomic E-state index is 12.9. The van der Waals surface area contributed by atoms with Gasteiger partial charge < -0.3 is 9.73 Å². The lowest BCUT2D eigenvalue weighted by molar-refractivity contribution is -0.138. The van der Waals surface area contributed by atoms with Crippen LogP contribution in [0.4, 0.5) is 18.9 Å². The van der Waals surface area contributed by atoms with Crippen molar-refractivity contribution in [1.82, 2.24) is 4.57 Å². The van der Waals surface area contributed by atoms with Crippen molar-refractivity contribution in [3.63, 3.8) is 0 Å². The van der Waals surface area contributed by atoms with Gasteiger partial charge in [-0.2, -0.15) is 13.2 Å². The van der Waals surface area contributed by atoms with E-state index in [0.29, 0.717) is 11.1 Å². The van der Waals surface area contributed by atoms with Crippen molar-refractivity contribution >= 4 is 22.7 Å². The van der Waals surface area contributed by atoms with Gasteiger partial charge in [0.2, 0.25) is 5.91 Å². The first-order valence-electron chi connectivity index (χ1n) is 7.32. The molecule has 3 rings (SSSR count). The third kappa shape index (κ3) is 3.42.